The quantitative estimate of drug-likeness (QED) is 0.898. The number of hydrogen-bond donors (Lipinski definition) is 1. The number of hydrogen-bond acceptors (Lipinski definition) is 3. The van der Waals surface area contributed by atoms with Gasteiger partial charge in [-0.05, 0) is 30.0 Å². The second kappa shape index (κ2) is 7.41. The van der Waals surface area contributed by atoms with E-state index >= 15 is 0 Å². The molecule has 110 valence electrons. The van der Waals surface area contributed by atoms with E-state index in [-0.39, 0.29) is 5.91 Å². The van der Waals surface area contributed by atoms with Gasteiger partial charge in [-0.15, -0.1) is 0 Å². The fourth-order valence-electron chi connectivity index (χ4n) is 2.29. The number of anilines is 1. The molecule has 0 bridgehead atoms. The van der Waals surface area contributed by atoms with E-state index in [1.54, 1.807) is 0 Å². The van der Waals surface area contributed by atoms with E-state index in [9.17, 15) is 4.79 Å². The Bertz CT molecular complexity index is 425. The van der Waals surface area contributed by atoms with Crippen molar-refractivity contribution in [3.8, 4) is 0 Å². The first-order valence-corrected chi connectivity index (χ1v) is 7.39. The van der Waals surface area contributed by atoms with Crippen molar-refractivity contribution in [2.45, 2.75) is 26.2 Å². The van der Waals surface area contributed by atoms with E-state index in [4.69, 9.17) is 4.74 Å². The van der Waals surface area contributed by atoms with Crippen LogP contribution in [0.3, 0.4) is 0 Å². The highest BCUT2D eigenvalue weighted by Crippen LogP contribution is 2.20. The molecule has 0 radical (unpaired) electrons. The second-order valence-electron chi connectivity index (χ2n) is 5.37. The van der Waals surface area contributed by atoms with Crippen LogP contribution >= 0.6 is 0 Å². The lowest BCUT2D eigenvalue weighted by Gasteiger charge is -2.25. The molecule has 0 aromatic heterocycles. The van der Waals surface area contributed by atoms with Crippen molar-refractivity contribution in [1.82, 2.24) is 4.90 Å². The molecule has 4 nitrogen and oxygen atoms in total. The smallest absolute Gasteiger partial charge is 0.238 e. The van der Waals surface area contributed by atoms with Gasteiger partial charge in [0.1, 0.15) is 0 Å². The first-order chi connectivity index (χ1) is 9.69. The lowest BCUT2D eigenvalue weighted by atomic mass is 9.99. The van der Waals surface area contributed by atoms with E-state index in [2.05, 4.69) is 36.2 Å². The number of carbonyl (C=O) groups is 1. The summed E-state index contributed by atoms with van der Waals surface area (Å²) in [6.07, 6.45) is 1.13. The van der Waals surface area contributed by atoms with Crippen LogP contribution in [0.15, 0.2) is 24.3 Å². The van der Waals surface area contributed by atoms with Crippen LogP contribution in [0.2, 0.25) is 0 Å². The van der Waals surface area contributed by atoms with E-state index in [0.29, 0.717) is 12.5 Å². The Labute approximate surface area is 121 Å². The predicted molar refractivity (Wildman–Crippen MR) is 81.0 cm³/mol. The van der Waals surface area contributed by atoms with Gasteiger partial charge in [-0.3, -0.25) is 9.69 Å². The van der Waals surface area contributed by atoms with E-state index in [0.717, 1.165) is 38.4 Å². The third kappa shape index (κ3) is 4.32. The summed E-state index contributed by atoms with van der Waals surface area (Å²) in [5, 5.41) is 2.95. The summed E-state index contributed by atoms with van der Waals surface area (Å²) < 4.78 is 5.27. The van der Waals surface area contributed by atoms with Crippen molar-refractivity contribution in [1.29, 1.82) is 0 Å². The van der Waals surface area contributed by atoms with Gasteiger partial charge in [0, 0.05) is 18.8 Å². The number of nitrogens with zero attached hydrogens (tertiary/aromatic N) is 1. The molecule has 0 aliphatic carbocycles. The molecule has 0 unspecified atom stereocenters. The Kier molecular flexibility index (Phi) is 5.56. The fraction of sp³-hybridized carbons (Fsp3) is 0.562. The molecule has 4 heteroatoms. The zero-order chi connectivity index (χ0) is 14.4. The molecule has 20 heavy (non-hydrogen) atoms. The van der Waals surface area contributed by atoms with Gasteiger partial charge < -0.3 is 10.1 Å². The van der Waals surface area contributed by atoms with Gasteiger partial charge in [0.05, 0.1) is 19.8 Å². The summed E-state index contributed by atoms with van der Waals surface area (Å²) in [6, 6.07) is 8.16. The molecular weight excluding hydrogens is 252 g/mol. The van der Waals surface area contributed by atoms with Crippen molar-refractivity contribution in [3.05, 3.63) is 29.8 Å². The normalized spacial score (nSPS) is 17.7. The average molecular weight is 276 g/mol. The van der Waals surface area contributed by atoms with E-state index in [1.807, 2.05) is 12.1 Å². The van der Waals surface area contributed by atoms with Crippen LogP contribution in [0.1, 0.15) is 31.7 Å². The minimum Gasteiger partial charge on any atom is -0.379 e. The summed E-state index contributed by atoms with van der Waals surface area (Å²) in [7, 11) is 0. The van der Waals surface area contributed by atoms with Crippen molar-refractivity contribution < 1.29 is 9.53 Å². The van der Waals surface area contributed by atoms with Crippen molar-refractivity contribution in [2.24, 2.45) is 0 Å². The van der Waals surface area contributed by atoms with Gasteiger partial charge in [-0.2, -0.15) is 0 Å². The first kappa shape index (κ1) is 15.0. The van der Waals surface area contributed by atoms with Gasteiger partial charge in [0.25, 0.3) is 0 Å². The molecule has 2 rings (SSSR count). The van der Waals surface area contributed by atoms with E-state index < -0.39 is 0 Å². The Balaban J connectivity index is 1.84. The van der Waals surface area contributed by atoms with Crippen LogP contribution in [0.4, 0.5) is 5.69 Å². The summed E-state index contributed by atoms with van der Waals surface area (Å²) >= 11 is 0. The predicted octanol–water partition coefficient (Wildman–Crippen LogP) is 2.47. The monoisotopic (exact) mass is 276 g/mol. The standard InChI is InChI=1S/C16H24N2O2/c1-3-13(2)14-4-6-15(7-5-14)17-16(19)12-18-8-10-20-11-9-18/h4-7,13H,3,8-12H2,1-2H3,(H,17,19)/t13-/m0/s1. The Hall–Kier alpha value is -1.39. The SMILES string of the molecule is CC[C@H](C)c1ccc(NC(=O)CN2CCOCC2)cc1. The molecule has 1 saturated heterocycles. The lowest BCUT2D eigenvalue weighted by molar-refractivity contribution is -0.118. The van der Waals surface area contributed by atoms with Gasteiger partial charge in [-0.25, -0.2) is 0 Å². The minimum atomic E-state index is 0.0446. The third-order valence-corrected chi connectivity index (χ3v) is 3.85. The highest BCUT2D eigenvalue weighted by atomic mass is 16.5. The maximum absolute atomic E-state index is 12.0. The highest BCUT2D eigenvalue weighted by Gasteiger charge is 2.14. The van der Waals surface area contributed by atoms with Crippen LogP contribution < -0.4 is 5.32 Å². The first-order valence-electron chi connectivity index (χ1n) is 7.39. The van der Waals surface area contributed by atoms with Gasteiger partial charge in [0.15, 0.2) is 0 Å². The lowest BCUT2D eigenvalue weighted by Crippen LogP contribution is -2.41. The molecule has 1 atom stereocenters. The highest BCUT2D eigenvalue weighted by molar-refractivity contribution is 5.92. The van der Waals surface area contributed by atoms with Crippen LogP contribution in [0.25, 0.3) is 0 Å². The third-order valence-electron chi connectivity index (χ3n) is 3.85. The summed E-state index contributed by atoms with van der Waals surface area (Å²) in [4.78, 5) is 14.1. The molecule has 1 aliphatic heterocycles. The van der Waals surface area contributed by atoms with Crippen LogP contribution in [-0.2, 0) is 9.53 Å². The molecular formula is C16H24N2O2. The largest absolute Gasteiger partial charge is 0.379 e. The summed E-state index contributed by atoms with van der Waals surface area (Å²) in [5.41, 5.74) is 2.19. The molecule has 1 fully saturated rings. The average Bonchev–Trinajstić information content (AvgIpc) is 2.48. The van der Waals surface area contributed by atoms with Gasteiger partial charge in [0.2, 0.25) is 5.91 Å². The van der Waals surface area contributed by atoms with E-state index in [1.165, 1.54) is 5.56 Å². The number of benzene rings is 1. The number of amides is 1. The second-order valence-corrected chi connectivity index (χ2v) is 5.37. The topological polar surface area (TPSA) is 41.6 Å². The van der Waals surface area contributed by atoms with Gasteiger partial charge >= 0.3 is 0 Å². The molecule has 0 saturated carbocycles. The molecule has 0 spiro atoms. The summed E-state index contributed by atoms with van der Waals surface area (Å²) in [5.74, 6) is 0.608. The number of rotatable bonds is 5. The zero-order valence-corrected chi connectivity index (χ0v) is 12.4. The maximum Gasteiger partial charge on any atom is 0.238 e. The Morgan fingerprint density at radius 2 is 1.95 bits per heavy atom. The number of ether oxygens (including phenoxy) is 1. The molecule has 1 amide bonds. The van der Waals surface area contributed by atoms with Crippen molar-refractivity contribution in [3.63, 3.8) is 0 Å². The van der Waals surface area contributed by atoms with Crippen LogP contribution in [0, 0.1) is 0 Å². The number of nitrogens with one attached hydrogen (secondary N) is 1. The molecule has 1 aromatic carbocycles. The Morgan fingerprint density at radius 3 is 2.55 bits per heavy atom. The van der Waals surface area contributed by atoms with Crippen LogP contribution in [-0.4, -0.2) is 43.7 Å². The minimum absolute atomic E-state index is 0.0446. The molecule has 1 aliphatic rings. The fourth-order valence-corrected chi connectivity index (χ4v) is 2.29. The maximum atomic E-state index is 12.0. The van der Waals surface area contributed by atoms with Gasteiger partial charge in [-0.1, -0.05) is 26.0 Å². The number of carbonyl (C=O) groups excluding carboxylic acids is 1. The number of morpholine rings is 1. The van der Waals surface area contributed by atoms with Crippen LogP contribution in [0.5, 0.6) is 0 Å². The van der Waals surface area contributed by atoms with Crippen molar-refractivity contribution in [2.75, 3.05) is 38.2 Å². The Morgan fingerprint density at radius 1 is 1.30 bits per heavy atom. The molecule has 1 aromatic rings. The van der Waals surface area contributed by atoms with Crippen molar-refractivity contribution >= 4 is 11.6 Å². The molecule has 1 heterocycles. The zero-order valence-electron chi connectivity index (χ0n) is 12.4. The summed E-state index contributed by atoms with van der Waals surface area (Å²) in [6.45, 7) is 7.94. The molecule has 1 N–H and O–H groups in total.